The first-order chi connectivity index (χ1) is 20.0. The van der Waals surface area contributed by atoms with Crippen molar-refractivity contribution in [3.63, 3.8) is 0 Å². The molecule has 2 amide bonds. The van der Waals surface area contributed by atoms with Crippen molar-refractivity contribution in [2.24, 2.45) is 5.10 Å². The summed E-state index contributed by atoms with van der Waals surface area (Å²) in [6.07, 6.45) is 0.714. The maximum Gasteiger partial charge on any atom is 0.408 e. The molecule has 42 heavy (non-hydrogen) atoms. The van der Waals surface area contributed by atoms with Gasteiger partial charge in [-0.05, 0) is 74.7 Å². The Bertz CT molecular complexity index is 1360. The van der Waals surface area contributed by atoms with Gasteiger partial charge in [-0.2, -0.15) is 5.10 Å². The molecule has 0 heterocycles. The van der Waals surface area contributed by atoms with Gasteiger partial charge < -0.3 is 24.3 Å². The third-order valence-electron chi connectivity index (χ3n) is 5.44. The normalized spacial score (nSPS) is 12.0. The predicted molar refractivity (Wildman–Crippen MR) is 163 cm³/mol. The van der Waals surface area contributed by atoms with Crippen LogP contribution < -0.4 is 20.2 Å². The highest BCUT2D eigenvalue weighted by Crippen LogP contribution is 2.30. The van der Waals surface area contributed by atoms with Crippen molar-refractivity contribution in [1.82, 2.24) is 10.7 Å². The van der Waals surface area contributed by atoms with E-state index in [1.807, 2.05) is 43.3 Å². The van der Waals surface area contributed by atoms with Crippen LogP contribution in [0.3, 0.4) is 0 Å². The summed E-state index contributed by atoms with van der Waals surface area (Å²) in [5.74, 6) is 0.463. The number of hydrogen-bond donors (Lipinski definition) is 2. The van der Waals surface area contributed by atoms with Crippen molar-refractivity contribution in [2.75, 3.05) is 13.2 Å². The standard InChI is InChI=1S/C31H35Cl2N3O6/c1-5-40-28-16-22(12-14-27(28)41-19-23-11-13-24(32)25(33)15-23)17-34-36-29(37)26(35-30(38)42-31(2,3)4)20-39-18-21-9-7-6-8-10-21/h6-17,26H,5,18-20H2,1-4H3,(H,35,38)(H,36,37)/b34-17-/t26-/m0/s1. The minimum absolute atomic E-state index is 0.0884. The van der Waals surface area contributed by atoms with E-state index in [4.69, 9.17) is 42.1 Å². The van der Waals surface area contributed by atoms with Crippen LogP contribution in [-0.4, -0.2) is 43.1 Å². The molecule has 0 radical (unpaired) electrons. The maximum atomic E-state index is 12.9. The van der Waals surface area contributed by atoms with Crippen molar-refractivity contribution >= 4 is 41.4 Å². The van der Waals surface area contributed by atoms with Crippen LogP contribution in [0.1, 0.15) is 44.4 Å². The van der Waals surface area contributed by atoms with Crippen LogP contribution in [0.15, 0.2) is 71.8 Å². The lowest BCUT2D eigenvalue weighted by atomic mass is 10.2. The Balaban J connectivity index is 1.63. The number of amides is 2. The van der Waals surface area contributed by atoms with Gasteiger partial charge in [-0.3, -0.25) is 4.79 Å². The zero-order valence-electron chi connectivity index (χ0n) is 24.0. The van der Waals surface area contributed by atoms with Gasteiger partial charge in [-0.1, -0.05) is 59.6 Å². The van der Waals surface area contributed by atoms with E-state index in [0.717, 1.165) is 11.1 Å². The largest absolute Gasteiger partial charge is 0.490 e. The Kier molecular flexibility index (Phi) is 12.5. The van der Waals surface area contributed by atoms with E-state index in [9.17, 15) is 9.59 Å². The number of hydrogen-bond acceptors (Lipinski definition) is 7. The molecule has 0 aliphatic carbocycles. The SMILES string of the molecule is CCOc1cc(/C=N\NC(=O)[C@H](COCc2ccccc2)NC(=O)OC(C)(C)C)ccc1OCc1ccc(Cl)c(Cl)c1. The zero-order chi connectivity index (χ0) is 30.5. The Labute approximate surface area is 256 Å². The van der Waals surface area contributed by atoms with Gasteiger partial charge in [0.25, 0.3) is 5.91 Å². The first-order valence-corrected chi connectivity index (χ1v) is 14.1. The van der Waals surface area contributed by atoms with Gasteiger partial charge in [-0.25, -0.2) is 10.2 Å². The highest BCUT2D eigenvalue weighted by Gasteiger charge is 2.24. The van der Waals surface area contributed by atoms with Crippen molar-refractivity contribution in [3.05, 3.63) is 93.5 Å². The van der Waals surface area contributed by atoms with Gasteiger partial charge in [0.05, 0.1) is 36.1 Å². The monoisotopic (exact) mass is 615 g/mol. The first kappa shape index (κ1) is 32.7. The van der Waals surface area contributed by atoms with Crippen LogP contribution in [0, 0.1) is 0 Å². The molecule has 2 N–H and O–H groups in total. The van der Waals surface area contributed by atoms with Crippen LogP contribution in [0.25, 0.3) is 0 Å². The second-order valence-electron chi connectivity index (χ2n) is 10.1. The van der Waals surface area contributed by atoms with E-state index in [-0.39, 0.29) is 19.8 Å². The number of benzene rings is 3. The summed E-state index contributed by atoms with van der Waals surface area (Å²) >= 11 is 12.1. The molecule has 0 fully saturated rings. The third kappa shape index (κ3) is 11.2. The van der Waals surface area contributed by atoms with Gasteiger partial charge in [0.15, 0.2) is 11.5 Å². The van der Waals surface area contributed by atoms with Gasteiger partial charge in [-0.15, -0.1) is 0 Å². The third-order valence-corrected chi connectivity index (χ3v) is 6.18. The fourth-order valence-electron chi connectivity index (χ4n) is 3.53. The van der Waals surface area contributed by atoms with Crippen LogP contribution in [0.2, 0.25) is 10.0 Å². The summed E-state index contributed by atoms with van der Waals surface area (Å²) in [5, 5.41) is 7.53. The molecule has 0 unspecified atom stereocenters. The smallest absolute Gasteiger partial charge is 0.408 e. The number of hydrazone groups is 1. The quantitative estimate of drug-likeness (QED) is 0.167. The van der Waals surface area contributed by atoms with E-state index in [1.54, 1.807) is 51.1 Å². The van der Waals surface area contributed by atoms with Gasteiger partial charge in [0.2, 0.25) is 0 Å². The number of ether oxygens (including phenoxy) is 4. The highest BCUT2D eigenvalue weighted by atomic mass is 35.5. The summed E-state index contributed by atoms with van der Waals surface area (Å²) in [7, 11) is 0. The number of rotatable bonds is 13. The lowest BCUT2D eigenvalue weighted by Crippen LogP contribution is -2.49. The molecule has 0 aliphatic heterocycles. The summed E-state index contributed by atoms with van der Waals surface area (Å²) in [6.45, 7) is 7.92. The zero-order valence-corrected chi connectivity index (χ0v) is 25.5. The van der Waals surface area contributed by atoms with Crippen molar-refractivity contribution in [3.8, 4) is 11.5 Å². The average Bonchev–Trinajstić information content (AvgIpc) is 2.93. The lowest BCUT2D eigenvalue weighted by molar-refractivity contribution is -0.124. The molecule has 11 heteroatoms. The van der Waals surface area contributed by atoms with E-state index >= 15 is 0 Å². The van der Waals surface area contributed by atoms with E-state index in [0.29, 0.717) is 33.7 Å². The molecule has 0 bridgehead atoms. The molecular formula is C31H35Cl2N3O6. The molecule has 224 valence electrons. The maximum absolute atomic E-state index is 12.9. The summed E-state index contributed by atoms with van der Waals surface area (Å²) in [5.41, 5.74) is 4.16. The second kappa shape index (κ2) is 16.0. The van der Waals surface area contributed by atoms with Crippen molar-refractivity contribution in [2.45, 2.75) is 52.6 Å². The number of halogens is 2. The highest BCUT2D eigenvalue weighted by molar-refractivity contribution is 6.42. The molecule has 0 spiro atoms. The molecule has 0 saturated carbocycles. The number of carbonyl (C=O) groups is 2. The van der Waals surface area contributed by atoms with Crippen LogP contribution >= 0.6 is 23.2 Å². The topological polar surface area (TPSA) is 107 Å². The van der Waals surface area contributed by atoms with Crippen LogP contribution in [-0.2, 0) is 27.5 Å². The number of alkyl carbamates (subject to hydrolysis) is 1. The predicted octanol–water partition coefficient (Wildman–Crippen LogP) is 6.53. The van der Waals surface area contributed by atoms with Gasteiger partial charge in [0, 0.05) is 0 Å². The Morgan fingerprint density at radius 2 is 1.67 bits per heavy atom. The Morgan fingerprint density at radius 1 is 0.905 bits per heavy atom. The fourth-order valence-corrected chi connectivity index (χ4v) is 3.85. The van der Waals surface area contributed by atoms with Crippen LogP contribution in [0.5, 0.6) is 11.5 Å². The molecule has 3 aromatic rings. The van der Waals surface area contributed by atoms with Crippen molar-refractivity contribution in [1.29, 1.82) is 0 Å². The van der Waals surface area contributed by atoms with E-state index < -0.39 is 23.6 Å². The van der Waals surface area contributed by atoms with Crippen LogP contribution in [0.4, 0.5) is 4.79 Å². The lowest BCUT2D eigenvalue weighted by Gasteiger charge is -2.22. The number of nitrogens with zero attached hydrogens (tertiary/aromatic N) is 1. The van der Waals surface area contributed by atoms with E-state index in [2.05, 4.69) is 15.8 Å². The number of nitrogens with one attached hydrogen (secondary N) is 2. The minimum atomic E-state index is -1.04. The molecule has 1 atom stereocenters. The first-order valence-electron chi connectivity index (χ1n) is 13.3. The molecule has 9 nitrogen and oxygen atoms in total. The molecular weight excluding hydrogens is 581 g/mol. The fraction of sp³-hybridized carbons (Fsp3) is 0.323. The summed E-state index contributed by atoms with van der Waals surface area (Å²) < 4.78 is 22.7. The van der Waals surface area contributed by atoms with Crippen molar-refractivity contribution < 1.29 is 28.5 Å². The van der Waals surface area contributed by atoms with Gasteiger partial charge in [0.1, 0.15) is 18.2 Å². The Hall–Kier alpha value is -3.79. The molecule has 3 aromatic carbocycles. The summed E-state index contributed by atoms with van der Waals surface area (Å²) in [4.78, 5) is 25.3. The van der Waals surface area contributed by atoms with E-state index in [1.165, 1.54) is 6.21 Å². The molecule has 0 aliphatic rings. The molecule has 0 aromatic heterocycles. The second-order valence-corrected chi connectivity index (χ2v) is 10.9. The average molecular weight is 617 g/mol. The summed E-state index contributed by atoms with van der Waals surface area (Å²) in [6, 6.07) is 19.0. The molecule has 3 rings (SSSR count). The molecule has 0 saturated heterocycles. The van der Waals surface area contributed by atoms with Gasteiger partial charge >= 0.3 is 6.09 Å². The number of carbonyl (C=O) groups excluding carboxylic acids is 2. The minimum Gasteiger partial charge on any atom is -0.490 e. The Morgan fingerprint density at radius 3 is 2.36 bits per heavy atom.